The monoisotopic (exact) mass is 236 g/mol. The number of ether oxygens (including phenoxy) is 1. The molecule has 0 saturated carbocycles. The Bertz CT molecular complexity index is 335. The van der Waals surface area contributed by atoms with Crippen LogP contribution in [0.2, 0.25) is 0 Å². The summed E-state index contributed by atoms with van der Waals surface area (Å²) in [6, 6.07) is 0.643. The maximum atomic E-state index is 5.88. The topological polar surface area (TPSA) is 64.3 Å². The van der Waals surface area contributed by atoms with E-state index in [4.69, 9.17) is 10.5 Å². The van der Waals surface area contributed by atoms with Crippen molar-refractivity contribution in [3.05, 3.63) is 18.0 Å². The van der Waals surface area contributed by atoms with Gasteiger partial charge in [0.15, 0.2) is 0 Å². The Kier molecular flexibility index (Phi) is 4.28. The highest BCUT2D eigenvalue weighted by molar-refractivity contribution is 5.13. The van der Waals surface area contributed by atoms with Crippen molar-refractivity contribution in [3.8, 4) is 6.01 Å². The summed E-state index contributed by atoms with van der Waals surface area (Å²) in [6.45, 7) is 2.84. The minimum absolute atomic E-state index is 0.237. The van der Waals surface area contributed by atoms with E-state index in [1.54, 1.807) is 7.11 Å². The average Bonchev–Trinajstić information content (AvgIpc) is 2.42. The van der Waals surface area contributed by atoms with Crippen LogP contribution in [0, 0.1) is 0 Å². The number of hydrogen-bond donors (Lipinski definition) is 1. The summed E-state index contributed by atoms with van der Waals surface area (Å²) in [6.07, 6.45) is 7.48. The standard InChI is InChI=1S/C12H20N4O/c1-17-12-14-8-10(9-15-12)11(7-13)16-5-3-2-4-6-16/h8-9,11H,2-7,13H2,1H3/t11-/m1/s1. The molecule has 17 heavy (non-hydrogen) atoms. The summed E-state index contributed by atoms with van der Waals surface area (Å²) < 4.78 is 4.96. The molecule has 1 aromatic rings. The van der Waals surface area contributed by atoms with Crippen LogP contribution in [0.4, 0.5) is 0 Å². The Morgan fingerprint density at radius 2 is 1.94 bits per heavy atom. The normalized spacial score (nSPS) is 18.9. The molecule has 1 aliphatic rings. The molecule has 1 saturated heterocycles. The third kappa shape index (κ3) is 2.92. The smallest absolute Gasteiger partial charge is 0.316 e. The summed E-state index contributed by atoms with van der Waals surface area (Å²) in [5.74, 6) is 0. The molecule has 1 aliphatic heterocycles. The van der Waals surface area contributed by atoms with E-state index in [1.165, 1.54) is 19.3 Å². The molecule has 0 amide bonds. The minimum Gasteiger partial charge on any atom is -0.467 e. The fourth-order valence-corrected chi connectivity index (χ4v) is 2.33. The summed E-state index contributed by atoms with van der Waals surface area (Å²) >= 11 is 0. The summed E-state index contributed by atoms with van der Waals surface area (Å²) in [5, 5.41) is 0. The van der Waals surface area contributed by atoms with Crippen molar-refractivity contribution < 1.29 is 4.74 Å². The Hall–Kier alpha value is -1.20. The molecule has 0 spiro atoms. The molecule has 2 rings (SSSR count). The van der Waals surface area contributed by atoms with Gasteiger partial charge in [0, 0.05) is 24.5 Å². The second-order valence-electron chi connectivity index (χ2n) is 4.35. The predicted octanol–water partition coefficient (Wildman–Crippen LogP) is 0.971. The van der Waals surface area contributed by atoms with E-state index >= 15 is 0 Å². The summed E-state index contributed by atoms with van der Waals surface area (Å²) in [5.41, 5.74) is 6.96. The first-order valence-electron chi connectivity index (χ1n) is 6.15. The van der Waals surface area contributed by atoms with Crippen molar-refractivity contribution >= 4 is 0 Å². The third-order valence-corrected chi connectivity index (χ3v) is 3.27. The molecule has 2 N–H and O–H groups in total. The van der Waals surface area contributed by atoms with Crippen LogP contribution < -0.4 is 10.5 Å². The lowest BCUT2D eigenvalue weighted by Gasteiger charge is -2.33. The zero-order valence-corrected chi connectivity index (χ0v) is 10.3. The summed E-state index contributed by atoms with van der Waals surface area (Å²) in [4.78, 5) is 10.7. The molecule has 5 heteroatoms. The molecular formula is C12H20N4O. The Morgan fingerprint density at radius 1 is 1.29 bits per heavy atom. The number of methoxy groups -OCH3 is 1. The van der Waals surface area contributed by atoms with Crippen LogP contribution in [0.5, 0.6) is 6.01 Å². The first kappa shape index (κ1) is 12.3. The molecule has 1 fully saturated rings. The SMILES string of the molecule is COc1ncc([C@@H](CN)N2CCCCC2)cn1. The average molecular weight is 236 g/mol. The van der Waals surface area contributed by atoms with Gasteiger partial charge in [0.25, 0.3) is 0 Å². The maximum Gasteiger partial charge on any atom is 0.316 e. The molecule has 0 aromatic carbocycles. The summed E-state index contributed by atoms with van der Waals surface area (Å²) in [7, 11) is 1.57. The second-order valence-corrected chi connectivity index (χ2v) is 4.35. The second kappa shape index (κ2) is 5.93. The van der Waals surface area contributed by atoms with Crippen molar-refractivity contribution in [2.24, 2.45) is 5.73 Å². The zero-order valence-electron chi connectivity index (χ0n) is 10.3. The van der Waals surface area contributed by atoms with Gasteiger partial charge in [-0.25, -0.2) is 9.97 Å². The van der Waals surface area contributed by atoms with Gasteiger partial charge in [-0.15, -0.1) is 0 Å². The molecule has 5 nitrogen and oxygen atoms in total. The van der Waals surface area contributed by atoms with Gasteiger partial charge in [-0.2, -0.15) is 0 Å². The van der Waals surface area contributed by atoms with Gasteiger partial charge in [-0.05, 0) is 25.9 Å². The molecule has 0 radical (unpaired) electrons. The van der Waals surface area contributed by atoms with Crippen molar-refractivity contribution in [3.63, 3.8) is 0 Å². The fourth-order valence-electron chi connectivity index (χ4n) is 2.33. The molecular weight excluding hydrogens is 216 g/mol. The first-order chi connectivity index (χ1) is 8.35. The quantitative estimate of drug-likeness (QED) is 0.844. The van der Waals surface area contributed by atoms with Gasteiger partial charge in [0.2, 0.25) is 0 Å². The van der Waals surface area contributed by atoms with Crippen LogP contribution in [0.25, 0.3) is 0 Å². The third-order valence-electron chi connectivity index (χ3n) is 3.27. The number of likely N-dealkylation sites (tertiary alicyclic amines) is 1. The number of hydrogen-bond acceptors (Lipinski definition) is 5. The van der Waals surface area contributed by atoms with Crippen LogP contribution in [0.1, 0.15) is 30.9 Å². The van der Waals surface area contributed by atoms with E-state index in [9.17, 15) is 0 Å². The van der Waals surface area contributed by atoms with Gasteiger partial charge in [-0.1, -0.05) is 6.42 Å². The van der Waals surface area contributed by atoms with E-state index in [1.807, 2.05) is 12.4 Å². The van der Waals surface area contributed by atoms with Gasteiger partial charge >= 0.3 is 6.01 Å². The van der Waals surface area contributed by atoms with Gasteiger partial charge in [0.1, 0.15) is 0 Å². The van der Waals surface area contributed by atoms with E-state index < -0.39 is 0 Å². The predicted molar refractivity (Wildman–Crippen MR) is 65.8 cm³/mol. The molecule has 1 aromatic heterocycles. The Balaban J connectivity index is 2.10. The molecule has 2 heterocycles. The van der Waals surface area contributed by atoms with Gasteiger partial charge in [0.05, 0.1) is 13.2 Å². The number of aromatic nitrogens is 2. The molecule has 0 bridgehead atoms. The molecule has 94 valence electrons. The lowest BCUT2D eigenvalue weighted by Crippen LogP contribution is -2.37. The fraction of sp³-hybridized carbons (Fsp3) is 0.667. The molecule has 1 atom stereocenters. The highest BCUT2D eigenvalue weighted by Crippen LogP contribution is 2.23. The van der Waals surface area contributed by atoms with Crippen LogP contribution in [-0.4, -0.2) is 41.6 Å². The van der Waals surface area contributed by atoms with E-state index in [0.717, 1.165) is 18.7 Å². The van der Waals surface area contributed by atoms with Crippen LogP contribution in [0.15, 0.2) is 12.4 Å². The van der Waals surface area contributed by atoms with Crippen LogP contribution in [-0.2, 0) is 0 Å². The van der Waals surface area contributed by atoms with Crippen molar-refractivity contribution in [2.45, 2.75) is 25.3 Å². The lowest BCUT2D eigenvalue weighted by atomic mass is 10.0. The number of rotatable bonds is 4. The molecule has 0 aliphatic carbocycles. The highest BCUT2D eigenvalue weighted by atomic mass is 16.5. The lowest BCUT2D eigenvalue weighted by molar-refractivity contribution is 0.167. The number of piperidine rings is 1. The number of nitrogens with two attached hydrogens (primary N) is 1. The van der Waals surface area contributed by atoms with Crippen LogP contribution >= 0.6 is 0 Å². The van der Waals surface area contributed by atoms with Crippen molar-refractivity contribution in [1.29, 1.82) is 0 Å². The Labute approximate surface area is 102 Å². The van der Waals surface area contributed by atoms with Gasteiger partial charge < -0.3 is 10.5 Å². The minimum atomic E-state index is 0.237. The Morgan fingerprint density at radius 3 is 2.47 bits per heavy atom. The van der Waals surface area contributed by atoms with E-state index in [2.05, 4.69) is 14.9 Å². The largest absolute Gasteiger partial charge is 0.467 e. The zero-order chi connectivity index (χ0) is 12.1. The number of nitrogens with zero attached hydrogens (tertiary/aromatic N) is 3. The van der Waals surface area contributed by atoms with Gasteiger partial charge in [-0.3, -0.25) is 4.90 Å². The maximum absolute atomic E-state index is 5.88. The van der Waals surface area contributed by atoms with Crippen molar-refractivity contribution in [2.75, 3.05) is 26.7 Å². The highest BCUT2D eigenvalue weighted by Gasteiger charge is 2.21. The van der Waals surface area contributed by atoms with E-state index in [-0.39, 0.29) is 6.04 Å². The first-order valence-corrected chi connectivity index (χ1v) is 6.15. The van der Waals surface area contributed by atoms with E-state index in [0.29, 0.717) is 12.6 Å². The van der Waals surface area contributed by atoms with Crippen LogP contribution in [0.3, 0.4) is 0 Å². The molecule has 0 unspecified atom stereocenters. The van der Waals surface area contributed by atoms with Crippen molar-refractivity contribution in [1.82, 2.24) is 14.9 Å².